The molecule has 0 aliphatic heterocycles. The van der Waals surface area contributed by atoms with Gasteiger partial charge in [0.2, 0.25) is 0 Å². The molecule has 2 heterocycles. The molecule has 0 amide bonds. The highest BCUT2D eigenvalue weighted by atomic mass is 15.0. The Morgan fingerprint density at radius 3 is 1.62 bits per heavy atom. The van der Waals surface area contributed by atoms with Crippen LogP contribution in [0.15, 0.2) is 170 Å². The minimum absolute atomic E-state index is 0.642. The highest BCUT2D eigenvalue weighted by Crippen LogP contribution is 2.39. The van der Waals surface area contributed by atoms with E-state index in [2.05, 4.69) is 138 Å². The molecule has 0 atom stereocenters. The maximum Gasteiger partial charge on any atom is 0.164 e. The molecule has 220 valence electrons. The first-order valence-electron chi connectivity index (χ1n) is 15.8. The Labute approximate surface area is 272 Å². The third-order valence-corrected chi connectivity index (χ3v) is 8.86. The summed E-state index contributed by atoms with van der Waals surface area (Å²) in [6.45, 7) is 0. The fourth-order valence-corrected chi connectivity index (χ4v) is 6.65. The van der Waals surface area contributed by atoms with Crippen LogP contribution in [0.5, 0.6) is 0 Å². The van der Waals surface area contributed by atoms with Gasteiger partial charge < -0.3 is 4.57 Å². The van der Waals surface area contributed by atoms with E-state index in [1.807, 2.05) is 36.4 Å². The fraction of sp³-hybridized carbons (Fsp3) is 0. The molecule has 7 aromatic carbocycles. The van der Waals surface area contributed by atoms with E-state index in [4.69, 9.17) is 15.0 Å². The molecule has 0 saturated heterocycles. The van der Waals surface area contributed by atoms with Crippen LogP contribution in [0.3, 0.4) is 0 Å². The number of hydrogen-bond donors (Lipinski definition) is 0. The summed E-state index contributed by atoms with van der Waals surface area (Å²) in [7, 11) is 0. The summed E-state index contributed by atoms with van der Waals surface area (Å²) < 4.78 is 2.37. The Morgan fingerprint density at radius 2 is 0.851 bits per heavy atom. The van der Waals surface area contributed by atoms with Gasteiger partial charge >= 0.3 is 0 Å². The van der Waals surface area contributed by atoms with Crippen molar-refractivity contribution in [2.45, 2.75) is 0 Å². The average Bonchev–Trinajstić information content (AvgIpc) is 3.49. The topological polar surface area (TPSA) is 43.6 Å². The number of para-hydroxylation sites is 1. The van der Waals surface area contributed by atoms with Gasteiger partial charge in [-0.3, -0.25) is 0 Å². The van der Waals surface area contributed by atoms with E-state index in [9.17, 15) is 0 Å². The van der Waals surface area contributed by atoms with Crippen molar-refractivity contribution in [2.24, 2.45) is 0 Å². The van der Waals surface area contributed by atoms with Crippen LogP contribution in [0.1, 0.15) is 0 Å². The first-order chi connectivity index (χ1) is 23.3. The summed E-state index contributed by atoms with van der Waals surface area (Å²) in [6, 6.07) is 59.1. The third kappa shape index (κ3) is 4.66. The molecule has 0 aliphatic carbocycles. The zero-order valence-corrected chi connectivity index (χ0v) is 25.5. The Kier molecular flexibility index (Phi) is 6.43. The van der Waals surface area contributed by atoms with E-state index in [1.54, 1.807) is 0 Å². The van der Waals surface area contributed by atoms with Gasteiger partial charge in [-0.25, -0.2) is 15.0 Å². The minimum atomic E-state index is 0.642. The second kappa shape index (κ2) is 11.2. The molecule has 9 rings (SSSR count). The van der Waals surface area contributed by atoms with Crippen molar-refractivity contribution in [2.75, 3.05) is 0 Å². The smallest absolute Gasteiger partial charge is 0.164 e. The van der Waals surface area contributed by atoms with Crippen molar-refractivity contribution >= 4 is 32.6 Å². The minimum Gasteiger partial charge on any atom is -0.309 e. The second-order valence-corrected chi connectivity index (χ2v) is 11.7. The Hall–Kier alpha value is -6.39. The van der Waals surface area contributed by atoms with Gasteiger partial charge in [-0.2, -0.15) is 0 Å². The molecule has 0 radical (unpaired) electrons. The van der Waals surface area contributed by atoms with Crippen LogP contribution in [0, 0.1) is 0 Å². The van der Waals surface area contributed by atoms with Gasteiger partial charge in [0.15, 0.2) is 17.5 Å². The van der Waals surface area contributed by atoms with Crippen molar-refractivity contribution in [3.05, 3.63) is 170 Å². The van der Waals surface area contributed by atoms with E-state index >= 15 is 0 Å². The van der Waals surface area contributed by atoms with E-state index in [0.717, 1.165) is 49.7 Å². The van der Waals surface area contributed by atoms with Gasteiger partial charge in [0.05, 0.1) is 16.7 Å². The molecule has 9 aromatic rings. The van der Waals surface area contributed by atoms with Crippen molar-refractivity contribution in [3.63, 3.8) is 0 Å². The first-order valence-corrected chi connectivity index (χ1v) is 15.8. The SMILES string of the molecule is c1ccc(-c2ccc(-c3nc(-c4ccccc4)nc(-c4cccc5c4c4ccccc4n5-c4cccc5ccccc45)n3)cc2)cc1. The Morgan fingerprint density at radius 1 is 0.340 bits per heavy atom. The first kappa shape index (κ1) is 27.0. The van der Waals surface area contributed by atoms with Crippen molar-refractivity contribution in [1.82, 2.24) is 19.5 Å². The molecule has 0 N–H and O–H groups in total. The number of nitrogens with zero attached hydrogens (tertiary/aromatic N) is 4. The Bertz CT molecular complexity index is 2550. The maximum absolute atomic E-state index is 5.16. The molecular weight excluding hydrogens is 573 g/mol. The zero-order chi connectivity index (χ0) is 31.2. The van der Waals surface area contributed by atoms with Crippen molar-refractivity contribution in [1.29, 1.82) is 0 Å². The molecule has 4 heteroatoms. The third-order valence-electron chi connectivity index (χ3n) is 8.86. The van der Waals surface area contributed by atoms with Gasteiger partial charge in [-0.1, -0.05) is 152 Å². The molecule has 0 spiro atoms. The number of aromatic nitrogens is 4. The standard InChI is InChI=1S/C43H28N4/c1-3-13-29(14-4-1)30-25-27-33(28-26-30)42-44-41(32-16-5-2-6-17-32)45-43(46-42)36-21-12-24-39-40(36)35-20-9-10-22-38(35)47(39)37-23-11-18-31-15-7-8-19-34(31)37/h1-28H. The fourth-order valence-electron chi connectivity index (χ4n) is 6.65. The molecular formula is C43H28N4. The maximum atomic E-state index is 5.16. The number of fused-ring (bicyclic) bond motifs is 4. The summed E-state index contributed by atoms with van der Waals surface area (Å²) in [5.41, 5.74) is 8.58. The molecule has 0 bridgehead atoms. The predicted octanol–water partition coefficient (Wildman–Crippen LogP) is 10.8. The van der Waals surface area contributed by atoms with Crippen molar-refractivity contribution in [3.8, 4) is 51.0 Å². The number of benzene rings is 7. The molecule has 4 nitrogen and oxygen atoms in total. The monoisotopic (exact) mass is 600 g/mol. The highest BCUT2D eigenvalue weighted by molar-refractivity contribution is 6.16. The highest BCUT2D eigenvalue weighted by Gasteiger charge is 2.20. The van der Waals surface area contributed by atoms with E-state index in [0.29, 0.717) is 17.5 Å². The van der Waals surface area contributed by atoms with Crippen LogP contribution in [-0.4, -0.2) is 19.5 Å². The number of hydrogen-bond acceptors (Lipinski definition) is 3. The zero-order valence-electron chi connectivity index (χ0n) is 25.5. The van der Waals surface area contributed by atoms with Crippen molar-refractivity contribution < 1.29 is 0 Å². The summed E-state index contributed by atoms with van der Waals surface area (Å²) in [6.07, 6.45) is 0. The van der Waals surface area contributed by atoms with Gasteiger partial charge in [-0.15, -0.1) is 0 Å². The lowest BCUT2D eigenvalue weighted by Gasteiger charge is -2.12. The average molecular weight is 601 g/mol. The lowest BCUT2D eigenvalue weighted by molar-refractivity contribution is 1.08. The summed E-state index contributed by atoms with van der Waals surface area (Å²) in [5.74, 6) is 1.93. The largest absolute Gasteiger partial charge is 0.309 e. The Balaban J connectivity index is 1.28. The molecule has 0 saturated carbocycles. The van der Waals surface area contributed by atoms with Gasteiger partial charge in [0, 0.05) is 32.8 Å². The molecule has 47 heavy (non-hydrogen) atoms. The quantitative estimate of drug-likeness (QED) is 0.197. The lowest BCUT2D eigenvalue weighted by Crippen LogP contribution is -2.00. The molecule has 0 unspecified atom stereocenters. The van der Waals surface area contributed by atoms with Gasteiger partial charge in [-0.05, 0) is 34.7 Å². The molecule has 0 aliphatic rings. The summed E-state index contributed by atoms with van der Waals surface area (Å²) in [4.78, 5) is 15.3. The number of rotatable bonds is 5. The van der Waals surface area contributed by atoms with Gasteiger partial charge in [0.25, 0.3) is 0 Å². The van der Waals surface area contributed by atoms with E-state index in [1.165, 1.54) is 16.3 Å². The molecule has 0 fully saturated rings. The summed E-state index contributed by atoms with van der Waals surface area (Å²) >= 11 is 0. The second-order valence-electron chi connectivity index (χ2n) is 11.7. The van der Waals surface area contributed by atoms with Crippen LogP contribution in [0.4, 0.5) is 0 Å². The molecule has 2 aromatic heterocycles. The van der Waals surface area contributed by atoms with Crippen LogP contribution < -0.4 is 0 Å². The lowest BCUT2D eigenvalue weighted by atomic mass is 10.0. The summed E-state index contributed by atoms with van der Waals surface area (Å²) in [5, 5.41) is 4.68. The van der Waals surface area contributed by atoms with Crippen LogP contribution in [-0.2, 0) is 0 Å². The van der Waals surface area contributed by atoms with Gasteiger partial charge in [0.1, 0.15) is 0 Å². The normalized spacial score (nSPS) is 11.4. The van der Waals surface area contributed by atoms with E-state index in [-0.39, 0.29) is 0 Å². The van der Waals surface area contributed by atoms with E-state index < -0.39 is 0 Å². The predicted molar refractivity (Wildman–Crippen MR) is 193 cm³/mol. The van der Waals surface area contributed by atoms with Crippen LogP contribution in [0.2, 0.25) is 0 Å². The van der Waals surface area contributed by atoms with Crippen LogP contribution in [0.25, 0.3) is 83.6 Å². The van der Waals surface area contributed by atoms with Crippen LogP contribution >= 0.6 is 0 Å².